The second kappa shape index (κ2) is 7.82. The summed E-state index contributed by atoms with van der Waals surface area (Å²) in [4.78, 5) is 0. The van der Waals surface area contributed by atoms with Crippen LogP contribution in [0.5, 0.6) is 0 Å². The zero-order chi connectivity index (χ0) is 15.4. The first-order chi connectivity index (χ1) is 10.8. The number of hydrogen-bond donors (Lipinski definition) is 0. The first-order valence-electron chi connectivity index (χ1n) is 7.14. The Labute approximate surface area is 148 Å². The maximum absolute atomic E-state index is 14.1. The Morgan fingerprint density at radius 1 is 0.696 bits per heavy atom. The van der Waals surface area contributed by atoms with E-state index < -0.39 is 7.14 Å². The fourth-order valence-electron chi connectivity index (χ4n) is 2.64. The molecular formula is C19H16LiO2P. The molecule has 0 atom stereocenters. The molecule has 0 fully saturated rings. The van der Waals surface area contributed by atoms with Gasteiger partial charge >= 0.3 is 18.9 Å². The molecule has 0 saturated heterocycles. The molecule has 3 aromatic rings. The van der Waals surface area contributed by atoms with Gasteiger partial charge in [-0.2, -0.15) is 0 Å². The normalized spacial score (nSPS) is 10.8. The molecule has 0 spiro atoms. The molecule has 110 valence electrons. The van der Waals surface area contributed by atoms with E-state index in [1.54, 1.807) is 6.07 Å². The van der Waals surface area contributed by atoms with Crippen molar-refractivity contribution in [3.8, 4) is 0 Å². The maximum atomic E-state index is 14.1. The molecule has 3 rings (SSSR count). The van der Waals surface area contributed by atoms with E-state index in [0.29, 0.717) is 10.9 Å². The molecule has 4 heteroatoms. The summed E-state index contributed by atoms with van der Waals surface area (Å²) in [6.07, 6.45) is 0. The molecule has 0 aliphatic carbocycles. The van der Waals surface area contributed by atoms with Crippen LogP contribution in [0.1, 0.15) is 5.56 Å². The van der Waals surface area contributed by atoms with Gasteiger partial charge in [0.05, 0.1) is 0 Å². The van der Waals surface area contributed by atoms with Gasteiger partial charge in [0.1, 0.15) is 0 Å². The summed E-state index contributed by atoms with van der Waals surface area (Å²) in [6.45, 7) is -0.375. The minimum atomic E-state index is -3.03. The predicted molar refractivity (Wildman–Crippen MR) is 89.5 cm³/mol. The van der Waals surface area contributed by atoms with Crippen LogP contribution in [0.25, 0.3) is 0 Å². The van der Waals surface area contributed by atoms with Crippen LogP contribution in [0.4, 0.5) is 0 Å². The molecule has 0 radical (unpaired) electrons. The van der Waals surface area contributed by atoms with Crippen LogP contribution in [0.15, 0.2) is 84.9 Å². The Morgan fingerprint density at radius 2 is 1.13 bits per heavy atom. The first-order valence-corrected chi connectivity index (χ1v) is 8.85. The van der Waals surface area contributed by atoms with Crippen molar-refractivity contribution in [3.05, 3.63) is 90.5 Å². The topological polar surface area (TPSA) is 40.1 Å². The smallest absolute Gasteiger partial charge is 0.851 e. The third-order valence-electron chi connectivity index (χ3n) is 3.73. The van der Waals surface area contributed by atoms with E-state index in [0.717, 1.165) is 10.6 Å². The van der Waals surface area contributed by atoms with Crippen molar-refractivity contribution >= 4 is 23.1 Å². The van der Waals surface area contributed by atoms with Crippen LogP contribution in [-0.4, -0.2) is 0 Å². The number of rotatable bonds is 4. The van der Waals surface area contributed by atoms with Gasteiger partial charge in [-0.05, 0) is 0 Å². The van der Waals surface area contributed by atoms with Crippen molar-refractivity contribution in [3.63, 3.8) is 0 Å². The van der Waals surface area contributed by atoms with E-state index in [4.69, 9.17) is 0 Å². The first kappa shape index (κ1) is 17.8. The van der Waals surface area contributed by atoms with Gasteiger partial charge in [0.25, 0.3) is 0 Å². The molecule has 0 aliphatic rings. The second-order valence-electron chi connectivity index (χ2n) is 5.05. The molecule has 0 amide bonds. The average molecular weight is 314 g/mol. The fraction of sp³-hybridized carbons (Fsp3) is 0.0526. The quantitative estimate of drug-likeness (QED) is 0.467. The molecule has 23 heavy (non-hydrogen) atoms. The van der Waals surface area contributed by atoms with E-state index in [1.807, 2.05) is 78.9 Å². The Bertz CT molecular complexity index is 760. The van der Waals surface area contributed by atoms with Crippen molar-refractivity contribution in [1.29, 1.82) is 0 Å². The predicted octanol–water partition coefficient (Wildman–Crippen LogP) is -0.810. The van der Waals surface area contributed by atoms with Crippen LogP contribution < -0.4 is 39.9 Å². The molecule has 0 heterocycles. The maximum Gasteiger partial charge on any atom is 1.00 e. The van der Waals surface area contributed by atoms with Gasteiger partial charge in [0, 0.05) is 15.9 Å². The van der Waals surface area contributed by atoms with E-state index in [9.17, 15) is 9.67 Å². The Hall–Kier alpha value is -1.55. The van der Waals surface area contributed by atoms with E-state index >= 15 is 0 Å². The molecule has 0 aromatic heterocycles. The summed E-state index contributed by atoms with van der Waals surface area (Å²) in [6, 6.07) is 26.0. The molecule has 0 N–H and O–H groups in total. The SMILES string of the molecule is O=P(c1ccccc1)(c1ccccc1)c1ccccc1C[O-].[Li+]. The van der Waals surface area contributed by atoms with Gasteiger partial charge in [-0.1, -0.05) is 90.5 Å². The van der Waals surface area contributed by atoms with E-state index in [1.165, 1.54) is 0 Å². The minimum Gasteiger partial charge on any atom is -0.851 e. The van der Waals surface area contributed by atoms with Gasteiger partial charge in [-0.3, -0.25) is 0 Å². The monoisotopic (exact) mass is 314 g/mol. The summed E-state index contributed by atoms with van der Waals surface area (Å²) in [7, 11) is -3.03. The fourth-order valence-corrected chi connectivity index (χ4v) is 5.52. The standard InChI is InChI=1S/C19H16O2P.Li/c20-15-16-9-7-8-14-19(16)22(21,17-10-3-1-4-11-17)18-12-5-2-6-13-18;/h1-14H,15H2;/q-1;+1. The molecule has 0 unspecified atom stereocenters. The van der Waals surface area contributed by atoms with Crippen LogP contribution in [0.3, 0.4) is 0 Å². The van der Waals surface area contributed by atoms with Gasteiger partial charge in [-0.25, -0.2) is 0 Å². The molecule has 3 aromatic carbocycles. The molecular weight excluding hydrogens is 298 g/mol. The zero-order valence-electron chi connectivity index (χ0n) is 13.1. The van der Waals surface area contributed by atoms with Crippen molar-refractivity contribution in [2.24, 2.45) is 0 Å². The molecule has 2 nitrogen and oxygen atoms in total. The van der Waals surface area contributed by atoms with Crippen molar-refractivity contribution in [2.75, 3.05) is 0 Å². The third kappa shape index (κ3) is 3.37. The average Bonchev–Trinajstić information content (AvgIpc) is 2.62. The van der Waals surface area contributed by atoms with Crippen LogP contribution in [-0.2, 0) is 11.2 Å². The number of hydrogen-bond acceptors (Lipinski definition) is 2. The Morgan fingerprint density at radius 3 is 1.61 bits per heavy atom. The van der Waals surface area contributed by atoms with Crippen LogP contribution >= 0.6 is 7.14 Å². The summed E-state index contributed by atoms with van der Waals surface area (Å²) >= 11 is 0. The van der Waals surface area contributed by atoms with Crippen molar-refractivity contribution in [1.82, 2.24) is 0 Å². The largest absolute Gasteiger partial charge is 1.00 e. The molecule has 0 bridgehead atoms. The summed E-state index contributed by atoms with van der Waals surface area (Å²) in [5, 5.41) is 13.7. The minimum absolute atomic E-state index is 0. The van der Waals surface area contributed by atoms with Crippen molar-refractivity contribution in [2.45, 2.75) is 6.61 Å². The molecule has 0 aliphatic heterocycles. The zero-order valence-corrected chi connectivity index (χ0v) is 13.9. The van der Waals surface area contributed by atoms with E-state index in [-0.39, 0.29) is 25.5 Å². The third-order valence-corrected chi connectivity index (χ3v) is 6.89. The Kier molecular flexibility index (Phi) is 6.05. The summed E-state index contributed by atoms with van der Waals surface area (Å²) < 4.78 is 14.1. The summed E-state index contributed by atoms with van der Waals surface area (Å²) in [5.41, 5.74) is 0.596. The van der Waals surface area contributed by atoms with Crippen LogP contribution in [0.2, 0.25) is 0 Å². The van der Waals surface area contributed by atoms with Crippen molar-refractivity contribution < 1.29 is 28.5 Å². The number of benzene rings is 3. The van der Waals surface area contributed by atoms with Gasteiger partial charge < -0.3 is 9.67 Å². The van der Waals surface area contributed by atoms with E-state index in [2.05, 4.69) is 0 Å². The van der Waals surface area contributed by atoms with Gasteiger partial charge in [-0.15, -0.1) is 6.61 Å². The second-order valence-corrected chi connectivity index (χ2v) is 7.79. The Balaban J connectivity index is 0.00000192. The van der Waals surface area contributed by atoms with Crippen LogP contribution in [0, 0.1) is 0 Å². The van der Waals surface area contributed by atoms with Gasteiger partial charge in [0.2, 0.25) is 0 Å². The molecule has 0 saturated carbocycles. The van der Waals surface area contributed by atoms with Gasteiger partial charge in [0.15, 0.2) is 7.14 Å². The summed E-state index contributed by atoms with van der Waals surface area (Å²) in [5.74, 6) is 0.